The van der Waals surface area contributed by atoms with E-state index in [1.54, 1.807) is 50.2 Å². The monoisotopic (exact) mass is 558 g/mol. The first-order chi connectivity index (χ1) is 18.6. The van der Waals surface area contributed by atoms with Crippen LogP contribution in [-0.4, -0.2) is 50.5 Å². The summed E-state index contributed by atoms with van der Waals surface area (Å²) in [5.41, 5.74) is 4.22. The number of esters is 1. The Hall–Kier alpha value is -4.25. The Morgan fingerprint density at radius 3 is 2.59 bits per heavy atom. The molecule has 2 aromatic carbocycles. The van der Waals surface area contributed by atoms with Crippen LogP contribution >= 0.6 is 11.6 Å². The molecule has 0 saturated heterocycles. The number of hydrazone groups is 1. The summed E-state index contributed by atoms with van der Waals surface area (Å²) in [5.74, 6) is 0.0899. The SMILES string of the molecule is CCOC(=O)C1=C(C)NC(=O)N[C@H]1c1ccc(OCC(=O)N/N=C/c2cc(Cl)ccc2OC(C)C)c(OC)c1. The molecule has 12 heteroatoms. The molecule has 39 heavy (non-hydrogen) atoms. The Morgan fingerprint density at radius 1 is 1.15 bits per heavy atom. The van der Waals surface area contributed by atoms with Gasteiger partial charge in [0.15, 0.2) is 18.1 Å². The number of urea groups is 1. The minimum atomic E-state index is -0.769. The van der Waals surface area contributed by atoms with E-state index < -0.39 is 23.9 Å². The predicted octanol–water partition coefficient (Wildman–Crippen LogP) is 3.86. The van der Waals surface area contributed by atoms with Gasteiger partial charge in [-0.15, -0.1) is 0 Å². The first-order valence-corrected chi connectivity index (χ1v) is 12.5. The van der Waals surface area contributed by atoms with E-state index in [4.69, 9.17) is 30.5 Å². The fraction of sp³-hybridized carbons (Fsp3) is 0.333. The maximum Gasteiger partial charge on any atom is 0.338 e. The number of nitrogens with one attached hydrogen (secondary N) is 3. The number of allylic oxidation sites excluding steroid dienone is 1. The summed E-state index contributed by atoms with van der Waals surface area (Å²) in [5, 5.41) is 9.78. The lowest BCUT2D eigenvalue weighted by atomic mass is 9.95. The topological polar surface area (TPSA) is 137 Å². The van der Waals surface area contributed by atoms with Crippen molar-refractivity contribution in [3.8, 4) is 17.2 Å². The van der Waals surface area contributed by atoms with E-state index in [1.165, 1.54) is 13.3 Å². The number of halogens is 1. The van der Waals surface area contributed by atoms with Gasteiger partial charge >= 0.3 is 12.0 Å². The molecule has 0 fully saturated rings. The van der Waals surface area contributed by atoms with E-state index in [2.05, 4.69) is 21.2 Å². The van der Waals surface area contributed by atoms with Gasteiger partial charge in [0, 0.05) is 16.3 Å². The molecule has 1 aliphatic heterocycles. The zero-order chi connectivity index (χ0) is 28.5. The lowest BCUT2D eigenvalue weighted by Gasteiger charge is -2.28. The summed E-state index contributed by atoms with van der Waals surface area (Å²) in [7, 11) is 1.44. The van der Waals surface area contributed by atoms with Gasteiger partial charge in [0.2, 0.25) is 0 Å². The van der Waals surface area contributed by atoms with Crippen LogP contribution in [0.5, 0.6) is 17.2 Å². The van der Waals surface area contributed by atoms with E-state index in [0.717, 1.165) is 0 Å². The van der Waals surface area contributed by atoms with Gasteiger partial charge in [-0.05, 0) is 63.6 Å². The van der Waals surface area contributed by atoms with Crippen LogP contribution in [0.25, 0.3) is 0 Å². The highest BCUT2D eigenvalue weighted by Gasteiger charge is 2.32. The standard InChI is InChI=1S/C27H31ClN4O7/c1-6-37-26(34)24-16(4)30-27(35)31-25(24)17-7-9-21(22(12-17)36-5)38-14-23(33)32-29-13-18-11-19(28)8-10-20(18)39-15(2)3/h7-13,15,25H,6,14H2,1-5H3,(H,32,33)(H2,30,31,35)/b29-13+/t25-/m0/s1. The number of benzene rings is 2. The highest BCUT2D eigenvalue weighted by molar-refractivity contribution is 6.30. The van der Waals surface area contributed by atoms with Crippen molar-refractivity contribution in [2.75, 3.05) is 20.3 Å². The van der Waals surface area contributed by atoms with Crippen LogP contribution in [0.1, 0.15) is 44.9 Å². The van der Waals surface area contributed by atoms with Crippen molar-refractivity contribution in [1.29, 1.82) is 0 Å². The lowest BCUT2D eigenvalue weighted by Crippen LogP contribution is -2.45. The molecular weight excluding hydrogens is 528 g/mol. The normalized spacial score (nSPS) is 15.1. The summed E-state index contributed by atoms with van der Waals surface area (Å²) in [6.07, 6.45) is 1.38. The van der Waals surface area contributed by atoms with Gasteiger partial charge in [-0.2, -0.15) is 5.10 Å². The van der Waals surface area contributed by atoms with Crippen LogP contribution in [0.2, 0.25) is 5.02 Å². The Bertz CT molecular complexity index is 1290. The molecule has 0 radical (unpaired) electrons. The molecule has 0 aliphatic carbocycles. The smallest absolute Gasteiger partial charge is 0.338 e. The maximum atomic E-state index is 12.6. The molecule has 0 spiro atoms. The molecular formula is C27H31ClN4O7. The molecule has 0 saturated carbocycles. The molecule has 3 rings (SSSR count). The molecule has 11 nitrogen and oxygen atoms in total. The second kappa shape index (κ2) is 13.5. The van der Waals surface area contributed by atoms with Crippen LogP contribution in [0.3, 0.4) is 0 Å². The molecule has 0 unspecified atom stereocenters. The van der Waals surface area contributed by atoms with Gasteiger partial charge in [-0.1, -0.05) is 17.7 Å². The number of carbonyl (C=O) groups is 3. The van der Waals surface area contributed by atoms with E-state index in [0.29, 0.717) is 33.3 Å². The van der Waals surface area contributed by atoms with Crippen LogP contribution in [0.15, 0.2) is 52.8 Å². The third-order valence-corrected chi connectivity index (χ3v) is 5.61. The van der Waals surface area contributed by atoms with E-state index in [-0.39, 0.29) is 30.6 Å². The number of rotatable bonds is 11. The number of hydrogen-bond acceptors (Lipinski definition) is 8. The molecule has 1 heterocycles. The van der Waals surface area contributed by atoms with Crippen molar-refractivity contribution in [1.82, 2.24) is 16.1 Å². The van der Waals surface area contributed by atoms with Crippen molar-refractivity contribution < 1.29 is 33.3 Å². The minimum absolute atomic E-state index is 0.0504. The van der Waals surface area contributed by atoms with Crippen molar-refractivity contribution in [2.45, 2.75) is 39.8 Å². The number of hydrogen-bond donors (Lipinski definition) is 3. The van der Waals surface area contributed by atoms with Gasteiger partial charge in [0.05, 0.1) is 37.7 Å². The van der Waals surface area contributed by atoms with Crippen molar-refractivity contribution >= 4 is 35.7 Å². The third kappa shape index (κ3) is 7.87. The van der Waals surface area contributed by atoms with Gasteiger partial charge in [-0.3, -0.25) is 4.79 Å². The largest absolute Gasteiger partial charge is 0.493 e. The van der Waals surface area contributed by atoms with Gasteiger partial charge in [0.25, 0.3) is 5.91 Å². The molecule has 1 aliphatic rings. The Kier molecular flexibility index (Phi) is 10.2. The van der Waals surface area contributed by atoms with Crippen molar-refractivity contribution in [2.24, 2.45) is 5.10 Å². The molecule has 208 valence electrons. The predicted molar refractivity (Wildman–Crippen MR) is 145 cm³/mol. The van der Waals surface area contributed by atoms with Gasteiger partial charge in [0.1, 0.15) is 5.75 Å². The second-order valence-corrected chi connectivity index (χ2v) is 9.07. The average molecular weight is 559 g/mol. The Labute approximate surface area is 231 Å². The van der Waals surface area contributed by atoms with Crippen molar-refractivity contribution in [3.63, 3.8) is 0 Å². The highest BCUT2D eigenvalue weighted by Crippen LogP contribution is 2.34. The average Bonchev–Trinajstić information content (AvgIpc) is 2.88. The van der Waals surface area contributed by atoms with Gasteiger partial charge < -0.3 is 29.6 Å². The maximum absolute atomic E-state index is 12.6. The summed E-state index contributed by atoms with van der Waals surface area (Å²) in [4.78, 5) is 37.0. The summed E-state index contributed by atoms with van der Waals surface area (Å²) >= 11 is 6.07. The Morgan fingerprint density at radius 2 is 1.90 bits per heavy atom. The summed E-state index contributed by atoms with van der Waals surface area (Å²) in [6, 6.07) is 8.74. The van der Waals surface area contributed by atoms with Crippen LogP contribution < -0.4 is 30.3 Å². The van der Waals surface area contributed by atoms with E-state index in [1.807, 2.05) is 13.8 Å². The molecule has 1 atom stereocenters. The first-order valence-electron chi connectivity index (χ1n) is 12.2. The number of carbonyl (C=O) groups excluding carboxylic acids is 3. The highest BCUT2D eigenvalue weighted by atomic mass is 35.5. The zero-order valence-corrected chi connectivity index (χ0v) is 23.0. The summed E-state index contributed by atoms with van der Waals surface area (Å²) in [6.45, 7) is 6.95. The second-order valence-electron chi connectivity index (χ2n) is 8.63. The number of nitrogens with zero attached hydrogens (tertiary/aromatic N) is 1. The molecule has 0 bridgehead atoms. The lowest BCUT2D eigenvalue weighted by molar-refractivity contribution is -0.139. The fourth-order valence-corrected chi connectivity index (χ4v) is 3.92. The van der Waals surface area contributed by atoms with Crippen LogP contribution in [0.4, 0.5) is 4.79 Å². The van der Waals surface area contributed by atoms with E-state index in [9.17, 15) is 14.4 Å². The number of ether oxygens (including phenoxy) is 4. The zero-order valence-electron chi connectivity index (χ0n) is 22.3. The van der Waals surface area contributed by atoms with Crippen molar-refractivity contribution in [3.05, 3.63) is 63.8 Å². The Balaban J connectivity index is 1.69. The summed E-state index contributed by atoms with van der Waals surface area (Å²) < 4.78 is 21.9. The van der Waals surface area contributed by atoms with E-state index >= 15 is 0 Å². The quantitative estimate of drug-likeness (QED) is 0.216. The molecule has 3 amide bonds. The number of methoxy groups -OCH3 is 1. The molecule has 2 aromatic rings. The first kappa shape index (κ1) is 29.3. The van der Waals surface area contributed by atoms with Crippen LogP contribution in [-0.2, 0) is 14.3 Å². The fourth-order valence-electron chi connectivity index (χ4n) is 3.74. The van der Waals surface area contributed by atoms with Crippen LogP contribution in [0, 0.1) is 0 Å². The minimum Gasteiger partial charge on any atom is -0.493 e. The molecule has 3 N–H and O–H groups in total. The molecule has 0 aromatic heterocycles. The third-order valence-electron chi connectivity index (χ3n) is 5.37. The van der Waals surface area contributed by atoms with Gasteiger partial charge in [-0.25, -0.2) is 15.0 Å². The number of amides is 3.